The van der Waals surface area contributed by atoms with E-state index in [1.807, 2.05) is 0 Å². The molecule has 0 saturated heterocycles. The molecule has 2 heterocycles. The van der Waals surface area contributed by atoms with Gasteiger partial charge in [-0.3, -0.25) is 9.69 Å². The zero-order chi connectivity index (χ0) is 17.1. The lowest BCUT2D eigenvalue weighted by molar-refractivity contribution is 0.0937. The summed E-state index contributed by atoms with van der Waals surface area (Å²) in [6, 6.07) is 8.62. The van der Waals surface area contributed by atoms with Gasteiger partial charge in [-0.15, -0.1) is 0 Å². The number of hydrogen-bond donors (Lipinski definition) is 1. The Kier molecular flexibility index (Phi) is 4.83. The van der Waals surface area contributed by atoms with E-state index < -0.39 is 0 Å². The fourth-order valence-corrected chi connectivity index (χ4v) is 3.90. The van der Waals surface area contributed by atoms with Crippen LogP contribution in [-0.4, -0.2) is 35.6 Å². The minimum Gasteiger partial charge on any atom is -0.360 e. The molecule has 5 nitrogen and oxygen atoms in total. The second kappa shape index (κ2) is 7.40. The van der Waals surface area contributed by atoms with Crippen molar-refractivity contribution in [3.8, 4) is 0 Å². The molecule has 1 N–H and O–H groups in total. The van der Waals surface area contributed by atoms with Crippen LogP contribution in [0, 0.1) is 0 Å². The van der Waals surface area contributed by atoms with Crippen LogP contribution in [0.3, 0.4) is 0 Å². The summed E-state index contributed by atoms with van der Waals surface area (Å²) in [5, 5.41) is 7.06. The maximum Gasteiger partial charge on any atom is 0.273 e. The van der Waals surface area contributed by atoms with Crippen molar-refractivity contribution in [1.29, 1.82) is 0 Å². The summed E-state index contributed by atoms with van der Waals surface area (Å²) >= 11 is 0. The molecule has 0 spiro atoms. The first-order chi connectivity index (χ1) is 12.3. The zero-order valence-corrected chi connectivity index (χ0v) is 14.6. The van der Waals surface area contributed by atoms with Crippen molar-refractivity contribution < 1.29 is 9.32 Å². The third-order valence-electron chi connectivity index (χ3n) is 5.34. The van der Waals surface area contributed by atoms with E-state index in [-0.39, 0.29) is 5.91 Å². The Bertz CT molecular complexity index is 753. The monoisotopic (exact) mass is 339 g/mol. The summed E-state index contributed by atoms with van der Waals surface area (Å²) in [7, 11) is 0. The lowest BCUT2D eigenvalue weighted by Gasteiger charge is -2.28. The lowest BCUT2D eigenvalue weighted by Crippen LogP contribution is -2.38. The molecule has 0 saturated carbocycles. The van der Waals surface area contributed by atoms with Gasteiger partial charge in [-0.2, -0.15) is 0 Å². The van der Waals surface area contributed by atoms with E-state index >= 15 is 0 Å². The number of fused-ring (bicyclic) bond motifs is 2. The van der Waals surface area contributed by atoms with Crippen molar-refractivity contribution in [2.24, 2.45) is 0 Å². The molecule has 132 valence electrons. The normalized spacial score (nSPS) is 17.4. The third kappa shape index (κ3) is 3.61. The van der Waals surface area contributed by atoms with Crippen molar-refractivity contribution in [3.05, 3.63) is 52.4 Å². The highest BCUT2D eigenvalue weighted by molar-refractivity contribution is 5.93. The first-order valence-corrected chi connectivity index (χ1v) is 9.36. The van der Waals surface area contributed by atoms with Crippen LogP contribution in [0.15, 0.2) is 28.8 Å². The number of benzene rings is 1. The summed E-state index contributed by atoms with van der Waals surface area (Å²) < 4.78 is 5.40. The molecule has 1 amide bonds. The molecule has 1 aromatic heterocycles. The Labute approximate surface area is 148 Å². The molecule has 2 aliphatic rings. The van der Waals surface area contributed by atoms with Gasteiger partial charge in [0.25, 0.3) is 5.91 Å². The number of carbonyl (C=O) groups excluding carboxylic acids is 1. The van der Waals surface area contributed by atoms with E-state index in [1.165, 1.54) is 17.5 Å². The number of aryl methyl sites for hydroxylation is 1. The van der Waals surface area contributed by atoms with Crippen LogP contribution in [0.4, 0.5) is 0 Å². The average Bonchev–Trinajstić information content (AvgIpc) is 2.90. The van der Waals surface area contributed by atoms with E-state index in [0.717, 1.165) is 63.1 Å². The van der Waals surface area contributed by atoms with Gasteiger partial charge in [0.15, 0.2) is 5.69 Å². The lowest BCUT2D eigenvalue weighted by atomic mass is 10.00. The molecular formula is C20H25N3O2. The average molecular weight is 339 g/mol. The van der Waals surface area contributed by atoms with Crippen molar-refractivity contribution in [2.75, 3.05) is 19.6 Å². The van der Waals surface area contributed by atoms with E-state index in [4.69, 9.17) is 4.52 Å². The summed E-state index contributed by atoms with van der Waals surface area (Å²) in [5.74, 6) is 0.819. The molecular weight excluding hydrogens is 314 g/mol. The van der Waals surface area contributed by atoms with Crippen molar-refractivity contribution in [3.63, 3.8) is 0 Å². The maximum atomic E-state index is 12.5. The molecule has 1 aliphatic carbocycles. The largest absolute Gasteiger partial charge is 0.360 e. The van der Waals surface area contributed by atoms with E-state index in [0.29, 0.717) is 12.2 Å². The topological polar surface area (TPSA) is 58.4 Å². The number of nitrogens with zero attached hydrogens (tertiary/aromatic N) is 2. The van der Waals surface area contributed by atoms with E-state index in [1.54, 1.807) is 0 Å². The molecule has 25 heavy (non-hydrogen) atoms. The van der Waals surface area contributed by atoms with Crippen molar-refractivity contribution in [1.82, 2.24) is 15.4 Å². The van der Waals surface area contributed by atoms with Gasteiger partial charge in [0, 0.05) is 38.2 Å². The molecule has 5 heteroatoms. The van der Waals surface area contributed by atoms with E-state index in [2.05, 4.69) is 39.6 Å². The number of aromatic nitrogens is 1. The Morgan fingerprint density at radius 3 is 2.88 bits per heavy atom. The molecule has 0 fully saturated rings. The number of hydrogen-bond acceptors (Lipinski definition) is 4. The first kappa shape index (κ1) is 16.3. The van der Waals surface area contributed by atoms with Crippen molar-refractivity contribution >= 4 is 5.91 Å². The Hall–Kier alpha value is -2.14. The van der Waals surface area contributed by atoms with Gasteiger partial charge in [-0.05, 0) is 36.8 Å². The predicted molar refractivity (Wildman–Crippen MR) is 95.5 cm³/mol. The van der Waals surface area contributed by atoms with Crippen LogP contribution < -0.4 is 5.32 Å². The molecule has 0 bridgehead atoms. The standard InChI is InChI=1S/C20H25N3O2/c24-20(19-17-8-2-1-3-9-18(17)25-22-19)21-11-13-23-12-10-15-6-4-5-7-16(15)14-23/h4-7H,1-3,8-14H2,(H,21,24). The van der Waals surface area contributed by atoms with Crippen LogP contribution in [0.1, 0.15) is 52.2 Å². The predicted octanol–water partition coefficient (Wildman–Crippen LogP) is 2.73. The SMILES string of the molecule is O=C(NCCN1CCc2ccccc2C1)c1noc2c1CCCCC2. The van der Waals surface area contributed by atoms with Crippen LogP contribution in [0.2, 0.25) is 0 Å². The minimum absolute atomic E-state index is 0.0932. The quantitative estimate of drug-likeness (QED) is 0.870. The highest BCUT2D eigenvalue weighted by Crippen LogP contribution is 2.23. The Morgan fingerprint density at radius 1 is 1.12 bits per heavy atom. The number of nitrogens with one attached hydrogen (secondary N) is 1. The fraction of sp³-hybridized carbons (Fsp3) is 0.500. The maximum absolute atomic E-state index is 12.5. The molecule has 4 rings (SSSR count). The molecule has 0 radical (unpaired) electrons. The van der Waals surface area contributed by atoms with Gasteiger partial charge in [-0.1, -0.05) is 35.8 Å². The van der Waals surface area contributed by atoms with Crippen molar-refractivity contribution in [2.45, 2.75) is 45.1 Å². The fourth-order valence-electron chi connectivity index (χ4n) is 3.90. The smallest absolute Gasteiger partial charge is 0.273 e. The van der Waals surface area contributed by atoms with Gasteiger partial charge >= 0.3 is 0 Å². The summed E-state index contributed by atoms with van der Waals surface area (Å²) in [6.45, 7) is 3.51. The Balaban J connectivity index is 1.31. The first-order valence-electron chi connectivity index (χ1n) is 9.36. The number of rotatable bonds is 4. The number of carbonyl (C=O) groups is 1. The van der Waals surface area contributed by atoms with Crippen LogP contribution in [0.5, 0.6) is 0 Å². The van der Waals surface area contributed by atoms with Crippen LogP contribution >= 0.6 is 0 Å². The zero-order valence-electron chi connectivity index (χ0n) is 14.6. The molecule has 1 aliphatic heterocycles. The molecule has 1 aromatic carbocycles. The summed E-state index contributed by atoms with van der Waals surface area (Å²) in [5.41, 5.74) is 4.39. The second-order valence-electron chi connectivity index (χ2n) is 7.04. The summed E-state index contributed by atoms with van der Waals surface area (Å²) in [4.78, 5) is 14.9. The molecule has 2 aromatic rings. The van der Waals surface area contributed by atoms with Crippen LogP contribution in [-0.2, 0) is 25.8 Å². The molecule has 0 unspecified atom stereocenters. The minimum atomic E-state index is -0.0932. The van der Waals surface area contributed by atoms with Crippen LogP contribution in [0.25, 0.3) is 0 Å². The third-order valence-corrected chi connectivity index (χ3v) is 5.34. The highest BCUT2D eigenvalue weighted by atomic mass is 16.5. The second-order valence-corrected chi connectivity index (χ2v) is 7.04. The summed E-state index contributed by atoms with van der Waals surface area (Å²) in [6.07, 6.45) is 6.33. The van der Waals surface area contributed by atoms with Gasteiger partial charge < -0.3 is 9.84 Å². The number of amides is 1. The van der Waals surface area contributed by atoms with Gasteiger partial charge in [0.1, 0.15) is 5.76 Å². The Morgan fingerprint density at radius 2 is 1.96 bits per heavy atom. The van der Waals surface area contributed by atoms with E-state index in [9.17, 15) is 4.79 Å². The van der Waals surface area contributed by atoms with Gasteiger partial charge in [-0.25, -0.2) is 0 Å². The van der Waals surface area contributed by atoms with Gasteiger partial charge in [0.05, 0.1) is 0 Å². The van der Waals surface area contributed by atoms with Gasteiger partial charge in [0.2, 0.25) is 0 Å². The molecule has 0 atom stereocenters. The highest BCUT2D eigenvalue weighted by Gasteiger charge is 2.23.